The molecule has 0 unspecified atom stereocenters. The Hall–Kier alpha value is -1.74. The summed E-state index contributed by atoms with van der Waals surface area (Å²) in [6.45, 7) is 6.20. The number of nitrogens with one attached hydrogen (secondary N) is 1. The Morgan fingerprint density at radius 2 is 2.00 bits per heavy atom. The molecule has 0 spiro atoms. The number of anilines is 1. The molecule has 0 saturated carbocycles. The van der Waals surface area contributed by atoms with E-state index < -0.39 is 0 Å². The van der Waals surface area contributed by atoms with Crippen molar-refractivity contribution < 1.29 is 4.74 Å². The second-order valence-corrected chi connectivity index (χ2v) is 5.41. The first-order chi connectivity index (χ1) is 9.51. The van der Waals surface area contributed by atoms with Crippen LogP contribution in [0.25, 0.3) is 0 Å². The first kappa shape index (κ1) is 14.7. The van der Waals surface area contributed by atoms with E-state index in [1.165, 1.54) is 0 Å². The third-order valence-corrected chi connectivity index (χ3v) is 3.44. The highest BCUT2D eigenvalue weighted by atomic mass is 35.5. The van der Waals surface area contributed by atoms with Crippen LogP contribution in [0, 0.1) is 6.92 Å². The van der Waals surface area contributed by atoms with Crippen LogP contribution in [0.4, 0.5) is 5.82 Å². The lowest BCUT2D eigenvalue weighted by Gasteiger charge is -2.14. The molecule has 0 aliphatic rings. The van der Waals surface area contributed by atoms with Crippen LogP contribution in [0.3, 0.4) is 0 Å². The van der Waals surface area contributed by atoms with E-state index in [1.807, 2.05) is 44.3 Å². The van der Waals surface area contributed by atoms with Gasteiger partial charge in [-0.2, -0.15) is 4.98 Å². The minimum Gasteiger partial charge on any atom is -0.439 e. The second kappa shape index (κ2) is 6.14. The fourth-order valence-electron chi connectivity index (χ4n) is 1.94. The maximum Gasteiger partial charge on any atom is 0.221 e. The Balaban J connectivity index is 2.35. The van der Waals surface area contributed by atoms with Crippen molar-refractivity contribution in [2.45, 2.75) is 26.7 Å². The Kier molecular flexibility index (Phi) is 4.50. The molecule has 2 aromatic rings. The van der Waals surface area contributed by atoms with Gasteiger partial charge in [0.1, 0.15) is 11.6 Å². The van der Waals surface area contributed by atoms with Gasteiger partial charge in [-0.25, -0.2) is 0 Å². The number of ether oxygens (including phenoxy) is 1. The van der Waals surface area contributed by atoms with Crippen LogP contribution in [0.5, 0.6) is 11.6 Å². The summed E-state index contributed by atoms with van der Waals surface area (Å²) in [6, 6.07) is 9.57. The average Bonchev–Trinajstić information content (AvgIpc) is 2.41. The molecular weight excluding hydrogens is 272 g/mol. The molecule has 1 aromatic carbocycles. The lowest BCUT2D eigenvalue weighted by molar-refractivity contribution is 0.459. The molecule has 0 saturated heterocycles. The molecule has 0 amide bonds. The van der Waals surface area contributed by atoms with E-state index >= 15 is 0 Å². The minimum atomic E-state index is 0.349. The van der Waals surface area contributed by atoms with E-state index in [0.717, 1.165) is 27.7 Å². The first-order valence-corrected chi connectivity index (χ1v) is 7.01. The van der Waals surface area contributed by atoms with Gasteiger partial charge in [0.05, 0.1) is 0 Å². The van der Waals surface area contributed by atoms with E-state index in [-0.39, 0.29) is 0 Å². The lowest BCUT2D eigenvalue weighted by Crippen LogP contribution is -1.97. The van der Waals surface area contributed by atoms with Crippen molar-refractivity contribution in [2.75, 3.05) is 12.4 Å². The van der Waals surface area contributed by atoms with Gasteiger partial charge < -0.3 is 10.1 Å². The SMILES string of the molecule is CNc1cccc(Oc2cc(C(C)C)c(Cl)cc2C)n1. The smallest absolute Gasteiger partial charge is 0.221 e. The zero-order valence-electron chi connectivity index (χ0n) is 12.2. The predicted molar refractivity (Wildman–Crippen MR) is 84.1 cm³/mol. The normalized spacial score (nSPS) is 10.7. The Morgan fingerprint density at radius 1 is 1.25 bits per heavy atom. The summed E-state index contributed by atoms with van der Waals surface area (Å²) in [5.74, 6) is 2.48. The van der Waals surface area contributed by atoms with Crippen molar-refractivity contribution in [3.63, 3.8) is 0 Å². The molecule has 0 radical (unpaired) electrons. The van der Waals surface area contributed by atoms with Crippen molar-refractivity contribution in [2.24, 2.45) is 0 Å². The summed E-state index contributed by atoms with van der Waals surface area (Å²) < 4.78 is 5.89. The topological polar surface area (TPSA) is 34.1 Å². The van der Waals surface area contributed by atoms with Crippen LogP contribution >= 0.6 is 11.6 Å². The fraction of sp³-hybridized carbons (Fsp3) is 0.312. The van der Waals surface area contributed by atoms with E-state index in [0.29, 0.717) is 11.8 Å². The summed E-state index contributed by atoms with van der Waals surface area (Å²) in [4.78, 5) is 4.36. The summed E-state index contributed by atoms with van der Waals surface area (Å²) in [5.41, 5.74) is 2.08. The molecular formula is C16H19ClN2O. The van der Waals surface area contributed by atoms with Gasteiger partial charge in [0.15, 0.2) is 0 Å². The van der Waals surface area contributed by atoms with Gasteiger partial charge in [-0.05, 0) is 42.2 Å². The number of hydrogen-bond donors (Lipinski definition) is 1. The Morgan fingerprint density at radius 3 is 2.65 bits per heavy atom. The van der Waals surface area contributed by atoms with E-state index in [4.69, 9.17) is 16.3 Å². The molecule has 3 nitrogen and oxygen atoms in total. The molecule has 0 fully saturated rings. The molecule has 0 aliphatic heterocycles. The highest BCUT2D eigenvalue weighted by molar-refractivity contribution is 6.31. The van der Waals surface area contributed by atoms with Crippen LogP contribution in [0.15, 0.2) is 30.3 Å². The highest BCUT2D eigenvalue weighted by Gasteiger charge is 2.11. The number of hydrogen-bond acceptors (Lipinski definition) is 3. The van der Waals surface area contributed by atoms with E-state index in [9.17, 15) is 0 Å². The maximum absolute atomic E-state index is 6.27. The van der Waals surface area contributed by atoms with Crippen molar-refractivity contribution >= 4 is 17.4 Å². The van der Waals surface area contributed by atoms with Crippen molar-refractivity contribution in [1.82, 2.24) is 4.98 Å². The van der Waals surface area contributed by atoms with Crippen molar-refractivity contribution in [1.29, 1.82) is 0 Å². The Labute approximate surface area is 124 Å². The molecule has 0 aliphatic carbocycles. The standard InChI is InChI=1S/C16H19ClN2O/c1-10(2)12-9-14(11(3)8-13(12)17)20-16-7-5-6-15(18-4)19-16/h5-10H,1-4H3,(H,18,19). The first-order valence-electron chi connectivity index (χ1n) is 6.64. The van der Waals surface area contributed by atoms with Crippen LogP contribution in [0.1, 0.15) is 30.9 Å². The Bertz CT molecular complexity index is 611. The average molecular weight is 291 g/mol. The molecule has 1 heterocycles. The van der Waals surface area contributed by atoms with Crippen LogP contribution in [-0.4, -0.2) is 12.0 Å². The molecule has 106 valence electrons. The third kappa shape index (κ3) is 3.23. The number of aromatic nitrogens is 1. The molecule has 4 heteroatoms. The number of benzene rings is 1. The quantitative estimate of drug-likeness (QED) is 0.860. The minimum absolute atomic E-state index is 0.349. The molecule has 1 aromatic heterocycles. The molecule has 20 heavy (non-hydrogen) atoms. The number of nitrogens with zero attached hydrogens (tertiary/aromatic N) is 1. The van der Waals surface area contributed by atoms with Gasteiger partial charge in [-0.15, -0.1) is 0 Å². The van der Waals surface area contributed by atoms with Crippen LogP contribution in [-0.2, 0) is 0 Å². The number of halogens is 1. The molecule has 1 N–H and O–H groups in total. The van der Waals surface area contributed by atoms with Gasteiger partial charge in [0.2, 0.25) is 5.88 Å². The van der Waals surface area contributed by atoms with Gasteiger partial charge in [-0.3, -0.25) is 0 Å². The van der Waals surface area contributed by atoms with Gasteiger partial charge in [0, 0.05) is 18.1 Å². The van der Waals surface area contributed by atoms with E-state index in [1.54, 1.807) is 0 Å². The van der Waals surface area contributed by atoms with Gasteiger partial charge in [-0.1, -0.05) is 31.5 Å². The van der Waals surface area contributed by atoms with E-state index in [2.05, 4.69) is 24.1 Å². The summed E-state index contributed by atoms with van der Waals surface area (Å²) >= 11 is 6.27. The predicted octanol–water partition coefficient (Wildman–Crippen LogP) is 5.00. The molecule has 0 bridgehead atoms. The monoisotopic (exact) mass is 290 g/mol. The summed E-state index contributed by atoms with van der Waals surface area (Å²) in [5, 5.41) is 3.77. The molecule has 0 atom stereocenters. The van der Waals surface area contributed by atoms with Crippen molar-refractivity contribution in [3.05, 3.63) is 46.5 Å². The van der Waals surface area contributed by atoms with Crippen LogP contribution < -0.4 is 10.1 Å². The summed E-state index contributed by atoms with van der Waals surface area (Å²) in [7, 11) is 1.83. The van der Waals surface area contributed by atoms with Gasteiger partial charge in [0.25, 0.3) is 0 Å². The number of rotatable bonds is 4. The largest absolute Gasteiger partial charge is 0.439 e. The van der Waals surface area contributed by atoms with Gasteiger partial charge >= 0.3 is 0 Å². The lowest BCUT2D eigenvalue weighted by atomic mass is 10.0. The molecule has 2 rings (SSSR count). The number of pyridine rings is 1. The van der Waals surface area contributed by atoms with Crippen molar-refractivity contribution in [3.8, 4) is 11.6 Å². The zero-order chi connectivity index (χ0) is 14.7. The number of aryl methyl sites for hydroxylation is 1. The van der Waals surface area contributed by atoms with Crippen LogP contribution in [0.2, 0.25) is 5.02 Å². The fourth-order valence-corrected chi connectivity index (χ4v) is 2.38. The second-order valence-electron chi connectivity index (χ2n) is 5.01. The maximum atomic E-state index is 6.27. The summed E-state index contributed by atoms with van der Waals surface area (Å²) in [6.07, 6.45) is 0. The zero-order valence-corrected chi connectivity index (χ0v) is 13.0. The highest BCUT2D eigenvalue weighted by Crippen LogP contribution is 2.33. The third-order valence-electron chi connectivity index (χ3n) is 3.11.